The van der Waals surface area contributed by atoms with Gasteiger partial charge in [-0.3, -0.25) is 0 Å². The summed E-state index contributed by atoms with van der Waals surface area (Å²) in [4.78, 5) is 15.1. The van der Waals surface area contributed by atoms with Crippen LogP contribution in [-0.4, -0.2) is 16.1 Å². The van der Waals surface area contributed by atoms with Crippen molar-refractivity contribution in [1.82, 2.24) is 4.98 Å². The normalized spacial score (nSPS) is 14.7. The summed E-state index contributed by atoms with van der Waals surface area (Å²) in [7, 11) is 0. The van der Waals surface area contributed by atoms with Gasteiger partial charge in [-0.25, -0.2) is 4.79 Å². The number of aromatic nitrogens is 1. The molecule has 23 heavy (non-hydrogen) atoms. The third-order valence-electron chi connectivity index (χ3n) is 5.12. The standard InChI is InChI=1S/C20H27NO2/c1-2-3-4-6-9-14-12-13-16(20(22)23)19-18(14)15-10-7-5-8-11-17(15)21-19/h12-13,21H,2-11H2,1H3,(H,22,23). The molecule has 0 unspecified atom stereocenters. The number of nitrogens with one attached hydrogen (secondary N) is 1. The summed E-state index contributed by atoms with van der Waals surface area (Å²) >= 11 is 0. The first-order chi connectivity index (χ1) is 11.2. The van der Waals surface area contributed by atoms with Crippen molar-refractivity contribution >= 4 is 16.9 Å². The van der Waals surface area contributed by atoms with Crippen molar-refractivity contribution in [3.8, 4) is 0 Å². The van der Waals surface area contributed by atoms with E-state index in [2.05, 4.69) is 18.0 Å². The number of carboxylic acid groups (broad SMARTS) is 1. The SMILES string of the molecule is CCCCCCc1ccc(C(=O)O)c2[nH]c3c(c12)CCCCC3. The molecule has 3 heteroatoms. The molecule has 124 valence electrons. The van der Waals surface area contributed by atoms with Crippen LogP contribution in [0.25, 0.3) is 10.9 Å². The molecular weight excluding hydrogens is 286 g/mol. The number of carboxylic acids is 1. The zero-order valence-corrected chi connectivity index (χ0v) is 14.1. The predicted octanol–water partition coefficient (Wildman–Crippen LogP) is 5.26. The molecule has 0 amide bonds. The van der Waals surface area contributed by atoms with Gasteiger partial charge in [-0.15, -0.1) is 0 Å². The quantitative estimate of drug-likeness (QED) is 0.564. The molecule has 1 aromatic carbocycles. The number of carbonyl (C=O) groups is 1. The van der Waals surface area contributed by atoms with Crippen molar-refractivity contribution in [2.24, 2.45) is 0 Å². The highest BCUT2D eigenvalue weighted by Gasteiger charge is 2.20. The van der Waals surface area contributed by atoms with E-state index >= 15 is 0 Å². The van der Waals surface area contributed by atoms with E-state index < -0.39 is 5.97 Å². The Morgan fingerprint density at radius 1 is 1.13 bits per heavy atom. The van der Waals surface area contributed by atoms with Crippen LogP contribution < -0.4 is 0 Å². The first kappa shape index (κ1) is 16.1. The van der Waals surface area contributed by atoms with Gasteiger partial charge in [0.1, 0.15) is 0 Å². The lowest BCUT2D eigenvalue weighted by atomic mass is 9.95. The van der Waals surface area contributed by atoms with Crippen LogP contribution >= 0.6 is 0 Å². The largest absolute Gasteiger partial charge is 0.478 e. The van der Waals surface area contributed by atoms with Crippen LogP contribution in [0.4, 0.5) is 0 Å². The Balaban J connectivity index is 2.04. The van der Waals surface area contributed by atoms with Gasteiger partial charge in [0.05, 0.1) is 11.1 Å². The smallest absolute Gasteiger partial charge is 0.337 e. The van der Waals surface area contributed by atoms with Gasteiger partial charge in [0.25, 0.3) is 0 Å². The van der Waals surface area contributed by atoms with E-state index in [-0.39, 0.29) is 0 Å². The van der Waals surface area contributed by atoms with Crippen molar-refractivity contribution in [2.45, 2.75) is 71.1 Å². The van der Waals surface area contributed by atoms with Gasteiger partial charge >= 0.3 is 5.97 Å². The number of aromatic amines is 1. The highest BCUT2D eigenvalue weighted by Crippen LogP contribution is 2.33. The average Bonchev–Trinajstić information content (AvgIpc) is 2.74. The molecule has 0 spiro atoms. The van der Waals surface area contributed by atoms with Gasteiger partial charge in [-0.1, -0.05) is 38.7 Å². The summed E-state index contributed by atoms with van der Waals surface area (Å²) in [5.74, 6) is -0.830. The molecule has 1 aromatic heterocycles. The molecule has 1 aliphatic rings. The number of unbranched alkanes of at least 4 members (excludes halogenated alkanes) is 3. The summed E-state index contributed by atoms with van der Waals surface area (Å²) in [5, 5.41) is 10.7. The van der Waals surface area contributed by atoms with Crippen LogP contribution in [0, 0.1) is 0 Å². The van der Waals surface area contributed by atoms with Crippen molar-refractivity contribution in [1.29, 1.82) is 0 Å². The number of H-pyrrole nitrogens is 1. The molecule has 3 rings (SSSR count). The lowest BCUT2D eigenvalue weighted by molar-refractivity contribution is 0.0699. The van der Waals surface area contributed by atoms with Crippen LogP contribution in [0.15, 0.2) is 12.1 Å². The number of hydrogen-bond donors (Lipinski definition) is 2. The third-order valence-corrected chi connectivity index (χ3v) is 5.12. The maximum Gasteiger partial charge on any atom is 0.337 e. The minimum absolute atomic E-state index is 0.422. The number of rotatable bonds is 6. The van der Waals surface area contributed by atoms with Gasteiger partial charge in [0.15, 0.2) is 0 Å². The van der Waals surface area contributed by atoms with Crippen molar-refractivity contribution in [3.63, 3.8) is 0 Å². The van der Waals surface area contributed by atoms with E-state index in [0.29, 0.717) is 5.56 Å². The summed E-state index contributed by atoms with van der Waals surface area (Å²) < 4.78 is 0. The molecule has 1 aliphatic carbocycles. The average molecular weight is 313 g/mol. The number of hydrogen-bond acceptors (Lipinski definition) is 1. The van der Waals surface area contributed by atoms with Crippen molar-refractivity contribution < 1.29 is 9.90 Å². The van der Waals surface area contributed by atoms with Crippen LogP contribution in [-0.2, 0) is 19.3 Å². The zero-order chi connectivity index (χ0) is 16.2. The molecule has 0 aliphatic heterocycles. The number of aromatic carboxylic acids is 1. The van der Waals surface area contributed by atoms with E-state index in [1.54, 1.807) is 6.07 Å². The Hall–Kier alpha value is -1.77. The molecule has 1 heterocycles. The molecule has 0 saturated heterocycles. The highest BCUT2D eigenvalue weighted by molar-refractivity contribution is 6.04. The molecule has 0 fully saturated rings. The van der Waals surface area contributed by atoms with E-state index in [0.717, 1.165) is 24.8 Å². The maximum absolute atomic E-state index is 11.6. The number of aryl methyl sites for hydroxylation is 3. The van der Waals surface area contributed by atoms with Crippen molar-refractivity contribution in [3.05, 3.63) is 34.5 Å². The molecule has 0 bridgehead atoms. The van der Waals surface area contributed by atoms with Crippen LogP contribution in [0.5, 0.6) is 0 Å². The second kappa shape index (κ2) is 7.20. The lowest BCUT2D eigenvalue weighted by Crippen LogP contribution is -2.00. The summed E-state index contributed by atoms with van der Waals surface area (Å²) in [6.45, 7) is 2.23. The minimum atomic E-state index is -0.830. The summed E-state index contributed by atoms with van der Waals surface area (Å²) in [6.07, 6.45) is 11.9. The van der Waals surface area contributed by atoms with Crippen LogP contribution in [0.3, 0.4) is 0 Å². The fraction of sp³-hybridized carbons (Fsp3) is 0.550. The van der Waals surface area contributed by atoms with E-state index in [1.165, 1.54) is 67.2 Å². The Morgan fingerprint density at radius 2 is 1.96 bits per heavy atom. The Bertz CT molecular complexity index is 699. The summed E-state index contributed by atoms with van der Waals surface area (Å²) in [6, 6.07) is 3.84. The Morgan fingerprint density at radius 3 is 2.74 bits per heavy atom. The second-order valence-electron chi connectivity index (χ2n) is 6.78. The molecule has 2 N–H and O–H groups in total. The molecule has 3 nitrogen and oxygen atoms in total. The highest BCUT2D eigenvalue weighted by atomic mass is 16.4. The van der Waals surface area contributed by atoms with Gasteiger partial charge in [0.2, 0.25) is 0 Å². The van der Waals surface area contributed by atoms with Gasteiger partial charge < -0.3 is 10.1 Å². The molecule has 2 aromatic rings. The fourth-order valence-electron chi connectivity index (χ4n) is 3.90. The Kier molecular flexibility index (Phi) is 5.04. The molecule has 0 radical (unpaired) electrons. The zero-order valence-electron chi connectivity index (χ0n) is 14.1. The van der Waals surface area contributed by atoms with Crippen LogP contribution in [0.2, 0.25) is 0 Å². The van der Waals surface area contributed by atoms with Crippen LogP contribution in [0.1, 0.15) is 79.0 Å². The monoisotopic (exact) mass is 313 g/mol. The van der Waals surface area contributed by atoms with Gasteiger partial charge in [-0.2, -0.15) is 0 Å². The van der Waals surface area contributed by atoms with E-state index in [1.807, 2.05) is 0 Å². The number of fused-ring (bicyclic) bond motifs is 3. The Labute approximate surface area is 138 Å². The van der Waals surface area contributed by atoms with Gasteiger partial charge in [0, 0.05) is 11.1 Å². The fourth-order valence-corrected chi connectivity index (χ4v) is 3.90. The molecular formula is C20H27NO2. The first-order valence-corrected chi connectivity index (χ1v) is 9.11. The third kappa shape index (κ3) is 3.29. The first-order valence-electron chi connectivity index (χ1n) is 9.11. The molecule has 0 saturated carbocycles. The number of benzene rings is 1. The predicted molar refractivity (Wildman–Crippen MR) is 94.4 cm³/mol. The van der Waals surface area contributed by atoms with E-state index in [9.17, 15) is 9.90 Å². The molecule has 0 atom stereocenters. The lowest BCUT2D eigenvalue weighted by Gasteiger charge is -2.08. The second-order valence-corrected chi connectivity index (χ2v) is 6.78. The van der Waals surface area contributed by atoms with Gasteiger partial charge in [-0.05, 0) is 55.7 Å². The van der Waals surface area contributed by atoms with Crippen molar-refractivity contribution in [2.75, 3.05) is 0 Å². The van der Waals surface area contributed by atoms with E-state index in [4.69, 9.17) is 0 Å². The maximum atomic E-state index is 11.6. The summed E-state index contributed by atoms with van der Waals surface area (Å²) in [5.41, 5.74) is 5.29. The minimum Gasteiger partial charge on any atom is -0.478 e. The topological polar surface area (TPSA) is 53.1 Å².